The maximum Gasteiger partial charge on any atom is 0.323 e. The molecule has 3 aliphatic rings. The molecule has 0 unspecified atom stereocenters. The standard InChI is InChI=1S/C34H45N9O3/c1-5-40-16-18-41(19-17-40)31(44)27-10-14-29(15-11-27)36-34(45)35-28-12-8-26(9-13-28)30-37-32(42-20-21-46-22-25(42)4)39-33(38-30)43-23(2)6-7-24(43)3/h8-15,23-25H,5-7,16-22H2,1-4H3,(H2,35,36,45)/t23-,24+,25-/m1/s1. The number of carbonyl (C=O) groups is 2. The van der Waals surface area contributed by atoms with Crippen LogP contribution in [0.3, 0.4) is 0 Å². The molecule has 1 aromatic heterocycles. The summed E-state index contributed by atoms with van der Waals surface area (Å²) in [5.74, 6) is 1.98. The van der Waals surface area contributed by atoms with Crippen LogP contribution >= 0.6 is 0 Å². The third-order valence-corrected chi connectivity index (χ3v) is 9.32. The second-order valence-electron chi connectivity index (χ2n) is 12.5. The predicted octanol–water partition coefficient (Wildman–Crippen LogP) is 4.56. The number of nitrogens with one attached hydrogen (secondary N) is 2. The van der Waals surface area contributed by atoms with Crippen LogP contribution in [-0.2, 0) is 4.74 Å². The van der Waals surface area contributed by atoms with Gasteiger partial charge in [0, 0.05) is 67.3 Å². The van der Waals surface area contributed by atoms with Crippen LogP contribution in [-0.4, -0.2) is 107 Å². The zero-order chi connectivity index (χ0) is 32.2. The van der Waals surface area contributed by atoms with Gasteiger partial charge in [-0.3, -0.25) is 4.79 Å². The highest BCUT2D eigenvalue weighted by Gasteiger charge is 2.32. The average Bonchev–Trinajstić information content (AvgIpc) is 3.42. The number of carbonyl (C=O) groups excluding carboxylic acids is 2. The Balaban J connectivity index is 1.12. The fourth-order valence-electron chi connectivity index (χ4n) is 6.48. The lowest BCUT2D eigenvalue weighted by atomic mass is 10.1. The maximum atomic E-state index is 12.9. The Bertz CT molecular complexity index is 1500. The van der Waals surface area contributed by atoms with Gasteiger partial charge in [0.1, 0.15) is 0 Å². The molecule has 3 fully saturated rings. The highest BCUT2D eigenvalue weighted by molar-refractivity contribution is 6.00. The number of ether oxygens (including phenoxy) is 1. The molecular weight excluding hydrogens is 582 g/mol. The molecule has 3 aliphatic heterocycles. The first-order chi connectivity index (χ1) is 22.3. The molecule has 0 spiro atoms. The van der Waals surface area contributed by atoms with Gasteiger partial charge in [-0.25, -0.2) is 4.79 Å². The van der Waals surface area contributed by atoms with Crippen molar-refractivity contribution in [3.63, 3.8) is 0 Å². The van der Waals surface area contributed by atoms with Crippen LogP contribution in [0.4, 0.5) is 28.1 Å². The Morgan fingerprint density at radius 1 is 0.783 bits per heavy atom. The first kappa shape index (κ1) is 31.7. The molecule has 12 heteroatoms. The molecular formula is C34H45N9O3. The molecule has 3 aromatic rings. The first-order valence-corrected chi connectivity index (χ1v) is 16.5. The molecule has 3 saturated heterocycles. The molecule has 244 valence electrons. The summed E-state index contributed by atoms with van der Waals surface area (Å²) in [4.78, 5) is 49.2. The summed E-state index contributed by atoms with van der Waals surface area (Å²) in [6, 6.07) is 15.0. The maximum absolute atomic E-state index is 12.9. The summed E-state index contributed by atoms with van der Waals surface area (Å²) >= 11 is 0. The van der Waals surface area contributed by atoms with Crippen molar-refractivity contribution in [2.75, 3.05) is 72.9 Å². The van der Waals surface area contributed by atoms with Crippen molar-refractivity contribution in [1.82, 2.24) is 24.8 Å². The Morgan fingerprint density at radius 2 is 1.39 bits per heavy atom. The van der Waals surface area contributed by atoms with E-state index in [0.29, 0.717) is 60.0 Å². The van der Waals surface area contributed by atoms with Crippen molar-refractivity contribution in [3.8, 4) is 11.4 Å². The van der Waals surface area contributed by atoms with Gasteiger partial charge in [-0.2, -0.15) is 15.0 Å². The second kappa shape index (κ2) is 14.0. The lowest BCUT2D eigenvalue weighted by Crippen LogP contribution is -2.48. The molecule has 46 heavy (non-hydrogen) atoms. The predicted molar refractivity (Wildman–Crippen MR) is 181 cm³/mol. The van der Waals surface area contributed by atoms with E-state index in [1.165, 1.54) is 0 Å². The molecule has 3 amide bonds. The summed E-state index contributed by atoms with van der Waals surface area (Å²) in [6.45, 7) is 14.9. The van der Waals surface area contributed by atoms with E-state index in [1.807, 2.05) is 29.2 Å². The van der Waals surface area contributed by atoms with Crippen LogP contribution in [0.2, 0.25) is 0 Å². The molecule has 6 rings (SSSR count). The molecule has 0 aliphatic carbocycles. The van der Waals surface area contributed by atoms with Crippen LogP contribution in [0.15, 0.2) is 48.5 Å². The summed E-state index contributed by atoms with van der Waals surface area (Å²) < 4.78 is 5.66. The lowest BCUT2D eigenvalue weighted by Gasteiger charge is -2.34. The van der Waals surface area contributed by atoms with E-state index >= 15 is 0 Å². The fraction of sp³-hybridized carbons (Fsp3) is 0.500. The quantitative estimate of drug-likeness (QED) is 0.389. The number of urea groups is 1. The van der Waals surface area contributed by atoms with Gasteiger partial charge in [0.15, 0.2) is 5.82 Å². The van der Waals surface area contributed by atoms with Gasteiger partial charge in [0.25, 0.3) is 5.91 Å². The van der Waals surface area contributed by atoms with Gasteiger partial charge in [-0.15, -0.1) is 0 Å². The zero-order valence-electron chi connectivity index (χ0n) is 27.3. The average molecular weight is 628 g/mol. The van der Waals surface area contributed by atoms with Crippen LogP contribution < -0.4 is 20.4 Å². The molecule has 2 aromatic carbocycles. The van der Waals surface area contributed by atoms with Crippen molar-refractivity contribution < 1.29 is 14.3 Å². The Kier molecular flexibility index (Phi) is 9.64. The molecule has 12 nitrogen and oxygen atoms in total. The second-order valence-corrected chi connectivity index (χ2v) is 12.5. The highest BCUT2D eigenvalue weighted by atomic mass is 16.5. The molecule has 0 saturated carbocycles. The third kappa shape index (κ3) is 7.07. The number of likely N-dealkylation sites (N-methyl/N-ethyl adjacent to an activating group) is 1. The molecule has 3 atom stereocenters. The van der Waals surface area contributed by atoms with Crippen LogP contribution in [0.25, 0.3) is 11.4 Å². The SMILES string of the molecule is CCN1CCN(C(=O)c2ccc(NC(=O)Nc3ccc(-c4nc(N5CCOC[C@H]5C)nc(N5[C@H](C)CC[C@@H]5C)n4)cc3)cc2)CC1. The van der Waals surface area contributed by atoms with Crippen molar-refractivity contribution in [2.45, 2.75) is 58.7 Å². The van der Waals surface area contributed by atoms with E-state index in [-0.39, 0.29) is 18.0 Å². The van der Waals surface area contributed by atoms with Gasteiger partial charge in [0.2, 0.25) is 11.9 Å². The van der Waals surface area contributed by atoms with E-state index in [2.05, 4.69) is 53.0 Å². The number of hydrogen-bond donors (Lipinski definition) is 2. The van der Waals surface area contributed by atoms with Gasteiger partial charge in [-0.1, -0.05) is 6.92 Å². The zero-order valence-corrected chi connectivity index (χ0v) is 27.3. The fourth-order valence-corrected chi connectivity index (χ4v) is 6.48. The van der Waals surface area contributed by atoms with Crippen LogP contribution in [0, 0.1) is 0 Å². The van der Waals surface area contributed by atoms with Crippen molar-refractivity contribution in [3.05, 3.63) is 54.1 Å². The minimum Gasteiger partial charge on any atom is -0.377 e. The first-order valence-electron chi connectivity index (χ1n) is 16.5. The number of aromatic nitrogens is 3. The summed E-state index contributed by atoms with van der Waals surface area (Å²) in [5.41, 5.74) is 2.70. The lowest BCUT2D eigenvalue weighted by molar-refractivity contribution is 0.0643. The monoisotopic (exact) mass is 627 g/mol. The van der Waals surface area contributed by atoms with Crippen molar-refractivity contribution >= 4 is 35.2 Å². The van der Waals surface area contributed by atoms with Gasteiger partial charge in [0.05, 0.1) is 19.3 Å². The molecule has 4 heterocycles. The Hall–Kier alpha value is -4.29. The highest BCUT2D eigenvalue weighted by Crippen LogP contribution is 2.31. The Morgan fingerprint density at radius 3 is 2.00 bits per heavy atom. The van der Waals surface area contributed by atoms with Crippen LogP contribution in [0.1, 0.15) is 50.9 Å². The van der Waals surface area contributed by atoms with E-state index in [4.69, 9.17) is 19.7 Å². The molecule has 0 radical (unpaired) electrons. The van der Waals surface area contributed by atoms with E-state index in [1.54, 1.807) is 24.3 Å². The number of piperazine rings is 1. The minimum absolute atomic E-state index is 0.0215. The number of hydrogen-bond acceptors (Lipinski definition) is 9. The van der Waals surface area contributed by atoms with E-state index in [9.17, 15) is 9.59 Å². The van der Waals surface area contributed by atoms with Gasteiger partial charge < -0.3 is 35.0 Å². The number of morpholine rings is 1. The summed E-state index contributed by atoms with van der Waals surface area (Å²) in [7, 11) is 0. The van der Waals surface area contributed by atoms with Gasteiger partial charge >= 0.3 is 6.03 Å². The molecule has 0 bridgehead atoms. The van der Waals surface area contributed by atoms with Crippen molar-refractivity contribution in [2.24, 2.45) is 0 Å². The number of benzene rings is 2. The number of amides is 3. The topological polar surface area (TPSA) is 119 Å². The molecule has 2 N–H and O–H groups in total. The normalized spacial score (nSPS) is 22.2. The number of anilines is 4. The number of rotatable bonds is 7. The smallest absolute Gasteiger partial charge is 0.323 e. The minimum atomic E-state index is -0.370. The van der Waals surface area contributed by atoms with E-state index < -0.39 is 0 Å². The third-order valence-electron chi connectivity index (χ3n) is 9.32. The van der Waals surface area contributed by atoms with Crippen LogP contribution in [0.5, 0.6) is 0 Å². The van der Waals surface area contributed by atoms with E-state index in [0.717, 1.165) is 57.7 Å². The largest absolute Gasteiger partial charge is 0.377 e. The summed E-state index contributed by atoms with van der Waals surface area (Å²) in [6.07, 6.45) is 2.21. The summed E-state index contributed by atoms with van der Waals surface area (Å²) in [5, 5.41) is 5.75. The van der Waals surface area contributed by atoms with Crippen molar-refractivity contribution in [1.29, 1.82) is 0 Å². The number of nitrogens with zero attached hydrogens (tertiary/aromatic N) is 7. The Labute approximate surface area is 271 Å². The van der Waals surface area contributed by atoms with Gasteiger partial charge in [-0.05, 0) is 88.7 Å².